The third-order valence-corrected chi connectivity index (χ3v) is 5.80. The molecule has 0 spiro atoms. The molecule has 2 heterocycles. The summed E-state index contributed by atoms with van der Waals surface area (Å²) in [6.07, 6.45) is 0.735. The van der Waals surface area contributed by atoms with Crippen molar-refractivity contribution in [3.8, 4) is 5.75 Å². The number of rotatable bonds is 4. The van der Waals surface area contributed by atoms with Crippen molar-refractivity contribution in [1.82, 2.24) is 15.3 Å². The molecule has 0 saturated heterocycles. The van der Waals surface area contributed by atoms with E-state index in [1.807, 2.05) is 30.3 Å². The van der Waals surface area contributed by atoms with Crippen LogP contribution in [0.5, 0.6) is 5.75 Å². The second-order valence-corrected chi connectivity index (χ2v) is 8.15. The number of nitrogens with one attached hydrogen (secondary N) is 3. The first-order chi connectivity index (χ1) is 15.1. The van der Waals surface area contributed by atoms with Crippen LogP contribution in [0.15, 0.2) is 60.7 Å². The van der Waals surface area contributed by atoms with Gasteiger partial charge in [0.05, 0.1) is 32.8 Å². The van der Waals surface area contributed by atoms with E-state index in [1.54, 1.807) is 30.3 Å². The lowest BCUT2D eigenvalue weighted by atomic mass is 10.0. The van der Waals surface area contributed by atoms with Crippen LogP contribution in [0.25, 0.3) is 11.0 Å². The van der Waals surface area contributed by atoms with Crippen molar-refractivity contribution in [3.63, 3.8) is 0 Å². The molecule has 31 heavy (non-hydrogen) atoms. The highest BCUT2D eigenvalue weighted by Gasteiger charge is 2.22. The molecular formula is C23H18Cl2N4O2. The highest BCUT2D eigenvalue weighted by molar-refractivity contribution is 6.39. The SMILES string of the molecule is O=C(NC1COc2ccccc2C1)c1ccc2[nH]c(Nc3c(Cl)cccc3Cl)nc2c1. The summed E-state index contributed by atoms with van der Waals surface area (Å²) in [7, 11) is 0. The summed E-state index contributed by atoms with van der Waals surface area (Å²) < 4.78 is 5.76. The Hall–Kier alpha value is -3.22. The van der Waals surface area contributed by atoms with Crippen LogP contribution in [-0.2, 0) is 6.42 Å². The molecule has 1 aromatic heterocycles. The average Bonchev–Trinajstić information content (AvgIpc) is 3.18. The highest BCUT2D eigenvalue weighted by Crippen LogP contribution is 2.32. The van der Waals surface area contributed by atoms with Crippen LogP contribution in [0.2, 0.25) is 10.0 Å². The number of hydrogen-bond acceptors (Lipinski definition) is 4. The van der Waals surface area contributed by atoms with Crippen LogP contribution in [0.4, 0.5) is 11.6 Å². The number of para-hydroxylation sites is 2. The van der Waals surface area contributed by atoms with Crippen LogP contribution in [0, 0.1) is 0 Å². The summed E-state index contributed by atoms with van der Waals surface area (Å²) in [6.45, 7) is 0.445. The summed E-state index contributed by atoms with van der Waals surface area (Å²) in [6, 6.07) is 18.4. The average molecular weight is 453 g/mol. The number of nitrogens with zero attached hydrogens (tertiary/aromatic N) is 1. The predicted octanol–water partition coefficient (Wildman–Crippen LogP) is 5.35. The van der Waals surface area contributed by atoms with E-state index >= 15 is 0 Å². The van der Waals surface area contributed by atoms with E-state index < -0.39 is 0 Å². The van der Waals surface area contributed by atoms with Crippen molar-refractivity contribution >= 4 is 51.8 Å². The second kappa shape index (κ2) is 8.13. The molecule has 0 fully saturated rings. The molecule has 6 nitrogen and oxygen atoms in total. The third-order valence-electron chi connectivity index (χ3n) is 5.17. The number of anilines is 2. The number of aromatic nitrogens is 2. The monoisotopic (exact) mass is 452 g/mol. The molecule has 4 aromatic rings. The van der Waals surface area contributed by atoms with Gasteiger partial charge in [-0.3, -0.25) is 4.79 Å². The number of H-pyrrole nitrogens is 1. The lowest BCUT2D eigenvalue weighted by Crippen LogP contribution is -2.42. The molecule has 0 radical (unpaired) electrons. The van der Waals surface area contributed by atoms with Gasteiger partial charge in [-0.15, -0.1) is 0 Å². The molecule has 156 valence electrons. The number of benzene rings is 3. The predicted molar refractivity (Wildman–Crippen MR) is 123 cm³/mol. The fourth-order valence-electron chi connectivity index (χ4n) is 3.63. The molecule has 1 aliphatic rings. The summed E-state index contributed by atoms with van der Waals surface area (Å²) in [5.74, 6) is 1.20. The number of carbonyl (C=O) groups excluding carboxylic acids is 1. The Morgan fingerprint density at radius 1 is 1.06 bits per heavy atom. The number of halogens is 2. The fourth-order valence-corrected chi connectivity index (χ4v) is 4.12. The van der Waals surface area contributed by atoms with Crippen molar-refractivity contribution in [2.45, 2.75) is 12.5 Å². The van der Waals surface area contributed by atoms with Crippen LogP contribution in [0.3, 0.4) is 0 Å². The summed E-state index contributed by atoms with van der Waals surface area (Å²) in [4.78, 5) is 20.5. The Morgan fingerprint density at radius 3 is 2.71 bits per heavy atom. The van der Waals surface area contributed by atoms with Crippen LogP contribution in [-0.4, -0.2) is 28.5 Å². The van der Waals surface area contributed by atoms with E-state index in [-0.39, 0.29) is 11.9 Å². The van der Waals surface area contributed by atoms with Gasteiger partial charge in [-0.25, -0.2) is 4.98 Å². The number of aromatic amines is 1. The Labute approximate surface area is 188 Å². The third kappa shape index (κ3) is 4.04. The zero-order valence-electron chi connectivity index (χ0n) is 16.3. The van der Waals surface area contributed by atoms with E-state index in [1.165, 1.54) is 0 Å². The number of imidazole rings is 1. The molecule has 0 bridgehead atoms. The van der Waals surface area contributed by atoms with E-state index in [0.717, 1.165) is 23.3 Å². The lowest BCUT2D eigenvalue weighted by molar-refractivity contribution is 0.0915. The Kier molecular flexibility index (Phi) is 5.18. The minimum atomic E-state index is -0.165. The van der Waals surface area contributed by atoms with Crippen molar-refractivity contribution in [2.24, 2.45) is 0 Å². The van der Waals surface area contributed by atoms with Gasteiger partial charge in [0.15, 0.2) is 0 Å². The van der Waals surface area contributed by atoms with E-state index in [9.17, 15) is 4.79 Å². The quantitative estimate of drug-likeness (QED) is 0.390. The molecule has 1 amide bonds. The zero-order chi connectivity index (χ0) is 21.4. The van der Waals surface area contributed by atoms with Gasteiger partial charge in [0, 0.05) is 5.56 Å². The van der Waals surface area contributed by atoms with Crippen LogP contribution in [0.1, 0.15) is 15.9 Å². The smallest absolute Gasteiger partial charge is 0.251 e. The highest BCUT2D eigenvalue weighted by atomic mass is 35.5. The Bertz CT molecular complexity index is 1270. The molecule has 1 unspecified atom stereocenters. The first-order valence-electron chi connectivity index (χ1n) is 9.79. The molecule has 0 aliphatic carbocycles. The molecule has 1 aliphatic heterocycles. The number of ether oxygens (including phenoxy) is 1. The summed E-state index contributed by atoms with van der Waals surface area (Å²) >= 11 is 12.4. The maximum absolute atomic E-state index is 12.8. The molecular weight excluding hydrogens is 435 g/mol. The van der Waals surface area contributed by atoms with E-state index in [0.29, 0.717) is 39.4 Å². The van der Waals surface area contributed by atoms with Gasteiger partial charge < -0.3 is 20.4 Å². The van der Waals surface area contributed by atoms with Gasteiger partial charge in [0.2, 0.25) is 5.95 Å². The van der Waals surface area contributed by atoms with Gasteiger partial charge in [-0.1, -0.05) is 47.5 Å². The molecule has 5 rings (SSSR count). The molecule has 3 aromatic carbocycles. The molecule has 1 atom stereocenters. The standard InChI is InChI=1S/C23H18Cl2N4O2/c24-16-5-3-6-17(25)21(16)29-23-27-18-9-8-14(11-19(18)28-23)22(30)26-15-10-13-4-1-2-7-20(13)31-12-15/h1-9,11,15H,10,12H2,(H,26,30)(H2,27,28,29). The number of hydrogen-bond donors (Lipinski definition) is 3. The van der Waals surface area contributed by atoms with Gasteiger partial charge in [0.1, 0.15) is 12.4 Å². The molecule has 8 heteroatoms. The number of fused-ring (bicyclic) bond motifs is 2. The maximum Gasteiger partial charge on any atom is 0.251 e. The van der Waals surface area contributed by atoms with Gasteiger partial charge in [-0.05, 0) is 48.4 Å². The lowest BCUT2D eigenvalue weighted by Gasteiger charge is -2.26. The molecule has 3 N–H and O–H groups in total. The van der Waals surface area contributed by atoms with E-state index in [4.69, 9.17) is 27.9 Å². The van der Waals surface area contributed by atoms with Gasteiger partial charge in [0.25, 0.3) is 5.91 Å². The largest absolute Gasteiger partial charge is 0.491 e. The van der Waals surface area contributed by atoms with Crippen molar-refractivity contribution in [1.29, 1.82) is 0 Å². The molecule has 0 saturated carbocycles. The first kappa shape index (κ1) is 19.7. The van der Waals surface area contributed by atoms with Crippen molar-refractivity contribution in [2.75, 3.05) is 11.9 Å². The normalized spacial score (nSPS) is 15.2. The summed E-state index contributed by atoms with van der Waals surface area (Å²) in [5, 5.41) is 7.14. The minimum absolute atomic E-state index is 0.0862. The fraction of sp³-hybridized carbons (Fsp3) is 0.130. The zero-order valence-corrected chi connectivity index (χ0v) is 17.8. The summed E-state index contributed by atoms with van der Waals surface area (Å²) in [5.41, 5.74) is 3.64. The number of carbonyl (C=O) groups is 1. The van der Waals surface area contributed by atoms with Crippen LogP contribution >= 0.6 is 23.2 Å². The van der Waals surface area contributed by atoms with E-state index in [2.05, 4.69) is 20.6 Å². The Morgan fingerprint density at radius 2 is 1.87 bits per heavy atom. The minimum Gasteiger partial charge on any atom is -0.491 e. The van der Waals surface area contributed by atoms with Crippen molar-refractivity contribution < 1.29 is 9.53 Å². The maximum atomic E-state index is 12.8. The Balaban J connectivity index is 1.32. The van der Waals surface area contributed by atoms with Gasteiger partial charge >= 0.3 is 0 Å². The van der Waals surface area contributed by atoms with Crippen molar-refractivity contribution in [3.05, 3.63) is 81.8 Å². The second-order valence-electron chi connectivity index (χ2n) is 7.33. The van der Waals surface area contributed by atoms with Gasteiger partial charge in [-0.2, -0.15) is 0 Å². The topological polar surface area (TPSA) is 79.0 Å². The first-order valence-corrected chi connectivity index (χ1v) is 10.5. The van der Waals surface area contributed by atoms with Crippen LogP contribution < -0.4 is 15.4 Å². The number of amides is 1.